The first-order valence-corrected chi connectivity index (χ1v) is 12.0. The smallest absolute Gasteiger partial charge is 0.419 e. The number of hydrogen-bond donors (Lipinski definition) is 2. The minimum absolute atomic E-state index is 0.117. The van der Waals surface area contributed by atoms with Crippen molar-refractivity contribution in [3.63, 3.8) is 0 Å². The van der Waals surface area contributed by atoms with Gasteiger partial charge in [0.15, 0.2) is 11.2 Å². The minimum Gasteiger partial charge on any atom is -0.465 e. The van der Waals surface area contributed by atoms with E-state index in [0.717, 1.165) is 17.2 Å². The molecule has 0 radical (unpaired) electrons. The van der Waals surface area contributed by atoms with Gasteiger partial charge < -0.3 is 15.0 Å². The van der Waals surface area contributed by atoms with Crippen molar-refractivity contribution in [2.45, 2.75) is 43.4 Å². The Morgan fingerprint density at radius 2 is 2.00 bits per heavy atom. The average molecular weight is 552 g/mol. The summed E-state index contributed by atoms with van der Waals surface area (Å²) in [6.07, 6.45) is -2.56. The van der Waals surface area contributed by atoms with E-state index in [1.807, 2.05) is 0 Å². The number of aromatic nitrogens is 1. The van der Waals surface area contributed by atoms with Crippen LogP contribution in [0.1, 0.15) is 47.8 Å². The number of alkyl halides is 3. The Labute approximate surface area is 219 Å². The summed E-state index contributed by atoms with van der Waals surface area (Å²) in [5.74, 6) is -3.03. The molecule has 14 heteroatoms. The predicted octanol–water partition coefficient (Wildman–Crippen LogP) is 3.39. The predicted molar refractivity (Wildman–Crippen MR) is 129 cm³/mol. The quantitative estimate of drug-likeness (QED) is 0.321. The standard InChI is InChI=1S/C24H21F4N5O4S/c1-2-37-19(34)12-31-20(35)15-5-4-13(9-17(15)25)33-22(38)32(21(36)23(33)6-3-7-23)14-8-16(24(26,27)28)18(10-29)30-11-14/h4-5,8-9,11,22,38H,2-3,6-7,12H2,1H3,(H,31,35). The van der Waals surface area contributed by atoms with Crippen LogP contribution in [0.25, 0.3) is 0 Å². The number of thiol groups is 1. The van der Waals surface area contributed by atoms with E-state index < -0.39 is 58.6 Å². The van der Waals surface area contributed by atoms with Gasteiger partial charge in [0.2, 0.25) is 0 Å². The van der Waals surface area contributed by atoms with Crippen LogP contribution < -0.4 is 15.1 Å². The first kappa shape index (κ1) is 27.2. The number of carbonyl (C=O) groups is 3. The third-order valence-electron chi connectivity index (χ3n) is 6.46. The number of benzene rings is 1. The van der Waals surface area contributed by atoms with E-state index in [-0.39, 0.29) is 23.5 Å². The highest BCUT2D eigenvalue weighted by Crippen LogP contribution is 2.50. The Balaban J connectivity index is 1.66. The lowest BCUT2D eigenvalue weighted by molar-refractivity contribution is -0.142. The Kier molecular flexibility index (Phi) is 7.24. The Hall–Kier alpha value is -3.86. The molecule has 1 saturated carbocycles. The molecule has 2 fully saturated rings. The van der Waals surface area contributed by atoms with Crippen LogP contribution in [-0.2, 0) is 20.5 Å². The van der Waals surface area contributed by atoms with E-state index in [4.69, 9.17) is 10.00 Å². The lowest BCUT2D eigenvalue weighted by Crippen LogP contribution is -2.55. The molecule has 1 spiro atoms. The summed E-state index contributed by atoms with van der Waals surface area (Å²) in [7, 11) is 0. The number of hydrogen-bond acceptors (Lipinski definition) is 8. The van der Waals surface area contributed by atoms with Crippen LogP contribution in [-0.4, -0.2) is 47.0 Å². The fourth-order valence-corrected chi connectivity index (χ4v) is 5.15. The summed E-state index contributed by atoms with van der Waals surface area (Å²) in [4.78, 5) is 43.5. The van der Waals surface area contributed by atoms with Crippen molar-refractivity contribution in [3.05, 3.63) is 53.1 Å². The van der Waals surface area contributed by atoms with Crippen molar-refractivity contribution in [3.8, 4) is 6.07 Å². The third-order valence-corrected chi connectivity index (χ3v) is 6.92. The SMILES string of the molecule is CCOC(=O)CNC(=O)c1ccc(N2C(S)N(c3cnc(C#N)c(C(F)(F)F)c3)C(=O)C23CCC3)cc1F. The van der Waals surface area contributed by atoms with Gasteiger partial charge in [0, 0.05) is 5.69 Å². The van der Waals surface area contributed by atoms with Gasteiger partial charge in [-0.1, -0.05) is 0 Å². The van der Waals surface area contributed by atoms with Crippen LogP contribution in [0.15, 0.2) is 30.5 Å². The minimum atomic E-state index is -4.89. The average Bonchev–Trinajstić information content (AvgIpc) is 3.08. The maximum absolute atomic E-state index is 15.0. The molecule has 9 nitrogen and oxygen atoms in total. The zero-order chi connectivity index (χ0) is 27.8. The van der Waals surface area contributed by atoms with Crippen LogP contribution in [0.3, 0.4) is 0 Å². The number of anilines is 2. The molecule has 2 amide bonds. The van der Waals surface area contributed by atoms with Crippen molar-refractivity contribution in [1.82, 2.24) is 10.3 Å². The fraction of sp³-hybridized carbons (Fsp3) is 0.375. The number of nitrogens with zero attached hydrogens (tertiary/aromatic N) is 4. The zero-order valence-corrected chi connectivity index (χ0v) is 20.8. The summed E-state index contributed by atoms with van der Waals surface area (Å²) in [5.41, 5.74) is -4.85. The van der Waals surface area contributed by atoms with Crippen LogP contribution in [0, 0.1) is 17.1 Å². The topological polar surface area (TPSA) is 116 Å². The highest BCUT2D eigenvalue weighted by atomic mass is 32.1. The number of halogens is 4. The van der Waals surface area contributed by atoms with Gasteiger partial charge in [-0.25, -0.2) is 9.37 Å². The van der Waals surface area contributed by atoms with Crippen molar-refractivity contribution in [2.24, 2.45) is 0 Å². The van der Waals surface area contributed by atoms with Gasteiger partial charge in [0.05, 0.1) is 29.6 Å². The maximum atomic E-state index is 15.0. The van der Waals surface area contributed by atoms with Gasteiger partial charge in [-0.3, -0.25) is 19.3 Å². The molecule has 0 bridgehead atoms. The molecule has 1 aromatic heterocycles. The van der Waals surface area contributed by atoms with Crippen LogP contribution >= 0.6 is 12.6 Å². The van der Waals surface area contributed by atoms with E-state index >= 15 is 4.39 Å². The molecule has 2 heterocycles. The van der Waals surface area contributed by atoms with Crippen molar-refractivity contribution in [2.75, 3.05) is 23.0 Å². The number of rotatable bonds is 6. The highest BCUT2D eigenvalue weighted by molar-refractivity contribution is 7.81. The van der Waals surface area contributed by atoms with E-state index in [2.05, 4.69) is 22.9 Å². The molecular weight excluding hydrogens is 530 g/mol. The fourth-order valence-electron chi connectivity index (χ4n) is 4.55. The summed E-state index contributed by atoms with van der Waals surface area (Å²) in [5, 5.41) is 11.3. The lowest BCUT2D eigenvalue weighted by Gasteiger charge is -2.44. The van der Waals surface area contributed by atoms with Crippen molar-refractivity contribution < 1.29 is 36.7 Å². The molecule has 200 valence electrons. The second kappa shape index (κ2) is 10.1. The molecule has 1 aliphatic heterocycles. The molecule has 1 aliphatic carbocycles. The number of pyridine rings is 1. The molecular formula is C24H21F4N5O4S. The molecule has 38 heavy (non-hydrogen) atoms. The molecule has 1 aromatic carbocycles. The largest absolute Gasteiger partial charge is 0.465 e. The van der Waals surface area contributed by atoms with Crippen LogP contribution in [0.4, 0.5) is 28.9 Å². The number of nitrogens with one attached hydrogen (secondary N) is 1. The van der Waals surface area contributed by atoms with Crippen molar-refractivity contribution in [1.29, 1.82) is 5.26 Å². The molecule has 1 N–H and O–H groups in total. The van der Waals surface area contributed by atoms with E-state index in [1.54, 1.807) is 6.92 Å². The molecule has 2 aromatic rings. The number of ether oxygens (including phenoxy) is 1. The second-order valence-electron chi connectivity index (χ2n) is 8.63. The number of amides is 2. The first-order chi connectivity index (χ1) is 17.9. The van der Waals surface area contributed by atoms with E-state index in [0.29, 0.717) is 25.3 Å². The van der Waals surface area contributed by atoms with E-state index in [1.165, 1.54) is 23.1 Å². The van der Waals surface area contributed by atoms with Gasteiger partial charge in [-0.2, -0.15) is 18.4 Å². The molecule has 4 rings (SSSR count). The van der Waals surface area contributed by atoms with Gasteiger partial charge >= 0.3 is 12.1 Å². The normalized spacial score (nSPS) is 18.2. The summed E-state index contributed by atoms with van der Waals surface area (Å²) >= 11 is 4.50. The Bertz CT molecular complexity index is 1340. The van der Waals surface area contributed by atoms with E-state index in [9.17, 15) is 27.6 Å². The number of nitriles is 1. The maximum Gasteiger partial charge on any atom is 0.419 e. The summed E-state index contributed by atoms with van der Waals surface area (Å²) in [6, 6.07) is 5.65. The molecule has 2 aliphatic rings. The van der Waals surface area contributed by atoms with Gasteiger partial charge in [-0.15, -0.1) is 12.6 Å². The second-order valence-corrected chi connectivity index (χ2v) is 9.09. The molecule has 1 atom stereocenters. The molecule has 1 unspecified atom stereocenters. The highest BCUT2D eigenvalue weighted by Gasteiger charge is 2.60. The summed E-state index contributed by atoms with van der Waals surface area (Å²) < 4.78 is 60.3. The Morgan fingerprint density at radius 1 is 1.29 bits per heavy atom. The van der Waals surface area contributed by atoms with Gasteiger partial charge in [0.1, 0.15) is 24.0 Å². The molecule has 1 saturated heterocycles. The lowest BCUT2D eigenvalue weighted by atomic mass is 9.75. The third kappa shape index (κ3) is 4.62. The van der Waals surface area contributed by atoms with Crippen LogP contribution in [0.2, 0.25) is 0 Å². The van der Waals surface area contributed by atoms with Crippen LogP contribution in [0.5, 0.6) is 0 Å². The number of carbonyl (C=O) groups excluding carboxylic acids is 3. The Morgan fingerprint density at radius 3 is 2.55 bits per heavy atom. The first-order valence-electron chi connectivity index (χ1n) is 11.5. The monoisotopic (exact) mass is 551 g/mol. The summed E-state index contributed by atoms with van der Waals surface area (Å²) in [6.45, 7) is 1.26. The van der Waals surface area contributed by atoms with Gasteiger partial charge in [-0.05, 0) is 50.5 Å². The van der Waals surface area contributed by atoms with Gasteiger partial charge in [0.25, 0.3) is 11.8 Å². The number of esters is 1. The van der Waals surface area contributed by atoms with Crippen molar-refractivity contribution >= 4 is 41.8 Å². The zero-order valence-electron chi connectivity index (χ0n) is 19.9.